The largest absolute Gasteiger partial charge is 0.480 e. The average Bonchev–Trinajstić information content (AvgIpc) is 2.92. The fourth-order valence-corrected chi connectivity index (χ4v) is 4.89. The molecule has 1 aliphatic rings. The molecule has 0 radical (unpaired) electrons. The number of morpholine rings is 1. The lowest BCUT2D eigenvalue weighted by Crippen LogP contribution is -2.40. The summed E-state index contributed by atoms with van der Waals surface area (Å²) < 4.78 is 39.0. The molecule has 0 spiro atoms. The van der Waals surface area contributed by atoms with Gasteiger partial charge in [0.05, 0.1) is 24.7 Å². The van der Waals surface area contributed by atoms with Gasteiger partial charge in [-0.05, 0) is 47.5 Å². The number of hydrogen-bond donors (Lipinski definition) is 2. The minimum atomic E-state index is -4.05. The highest BCUT2D eigenvalue weighted by molar-refractivity contribution is 7.89. The molecule has 1 heterocycles. The Morgan fingerprint density at radius 1 is 0.919 bits per heavy atom. The third-order valence-corrected chi connectivity index (χ3v) is 7.25. The first-order valence-corrected chi connectivity index (χ1v) is 13.3. The smallest absolute Gasteiger partial charge is 0.322 e. The van der Waals surface area contributed by atoms with E-state index in [4.69, 9.17) is 9.47 Å². The van der Waals surface area contributed by atoms with Crippen LogP contribution in [0.2, 0.25) is 0 Å². The summed E-state index contributed by atoms with van der Waals surface area (Å²) in [6, 6.07) is 21.8. The van der Waals surface area contributed by atoms with Crippen LogP contribution in [-0.4, -0.2) is 63.3 Å². The number of sulfonamides is 1. The number of benzene rings is 3. The predicted octanol–water partition coefficient (Wildman–Crippen LogP) is 3.60. The average molecular weight is 521 g/mol. The van der Waals surface area contributed by atoms with E-state index in [-0.39, 0.29) is 11.3 Å². The molecule has 1 aliphatic heterocycles. The van der Waals surface area contributed by atoms with Crippen LogP contribution in [-0.2, 0) is 19.6 Å². The highest BCUT2D eigenvalue weighted by Gasteiger charge is 2.24. The molecular formula is C28H28N2O6S. The van der Waals surface area contributed by atoms with E-state index in [1.807, 2.05) is 54.6 Å². The summed E-state index contributed by atoms with van der Waals surface area (Å²) >= 11 is 0. The van der Waals surface area contributed by atoms with Crippen LogP contribution in [0.15, 0.2) is 83.8 Å². The van der Waals surface area contributed by atoms with Gasteiger partial charge in [-0.15, -0.1) is 0 Å². The van der Waals surface area contributed by atoms with Crippen LogP contribution in [0.4, 0.5) is 0 Å². The molecule has 3 aromatic carbocycles. The highest BCUT2D eigenvalue weighted by atomic mass is 32.2. The second kappa shape index (κ2) is 12.5. The molecule has 1 unspecified atom stereocenters. The van der Waals surface area contributed by atoms with Crippen molar-refractivity contribution in [3.05, 3.63) is 78.9 Å². The van der Waals surface area contributed by atoms with Crippen LogP contribution in [0.25, 0.3) is 11.1 Å². The summed E-state index contributed by atoms with van der Waals surface area (Å²) in [6.07, 6.45) is -0.131. The Labute approximate surface area is 216 Å². The Morgan fingerprint density at radius 2 is 1.51 bits per heavy atom. The Hall–Kier alpha value is -3.68. The van der Waals surface area contributed by atoms with Crippen molar-refractivity contribution in [3.63, 3.8) is 0 Å². The fraction of sp³-hybridized carbons (Fsp3) is 0.250. The Morgan fingerprint density at radius 3 is 2.14 bits per heavy atom. The van der Waals surface area contributed by atoms with Crippen molar-refractivity contribution in [2.45, 2.75) is 17.4 Å². The molecule has 1 saturated heterocycles. The molecular weight excluding hydrogens is 492 g/mol. The molecule has 2 N–H and O–H groups in total. The molecule has 0 amide bonds. The summed E-state index contributed by atoms with van der Waals surface area (Å²) in [5, 5.41) is 9.51. The number of carbonyl (C=O) groups is 1. The molecule has 0 aliphatic carbocycles. The number of rotatable bonds is 9. The van der Waals surface area contributed by atoms with E-state index in [1.54, 1.807) is 12.1 Å². The van der Waals surface area contributed by atoms with Gasteiger partial charge in [0.1, 0.15) is 17.5 Å². The van der Waals surface area contributed by atoms with E-state index in [2.05, 4.69) is 21.5 Å². The summed E-state index contributed by atoms with van der Waals surface area (Å²) in [5.74, 6) is 5.85. The minimum absolute atomic E-state index is 0.0205. The number of aliphatic carboxylic acids is 1. The number of nitrogens with zero attached hydrogens (tertiary/aromatic N) is 1. The standard InChI is InChI=1S/C28H28N2O6S/c31-28(32)27(8-4-5-17-30-18-20-35-21-19-30)29-37(33,34)26-15-11-23(12-16-26)22-9-13-25(14-10-22)36-24-6-2-1-3-7-24/h1-3,6-7,9-16,27,29H,8,17-21H2,(H,31,32). The zero-order valence-electron chi connectivity index (χ0n) is 20.2. The molecule has 1 fully saturated rings. The first kappa shape index (κ1) is 26.4. The van der Waals surface area contributed by atoms with Gasteiger partial charge in [-0.25, -0.2) is 8.42 Å². The number of ether oxygens (including phenoxy) is 2. The monoisotopic (exact) mass is 520 g/mol. The van der Waals surface area contributed by atoms with E-state index in [1.165, 1.54) is 12.1 Å². The Kier molecular flexibility index (Phi) is 8.93. The van der Waals surface area contributed by atoms with Crippen molar-refractivity contribution < 1.29 is 27.8 Å². The number of carboxylic acids is 1. The van der Waals surface area contributed by atoms with E-state index < -0.39 is 22.0 Å². The van der Waals surface area contributed by atoms with E-state index in [0.29, 0.717) is 25.5 Å². The van der Waals surface area contributed by atoms with Crippen molar-refractivity contribution in [3.8, 4) is 34.5 Å². The second-order valence-corrected chi connectivity index (χ2v) is 10.1. The molecule has 4 rings (SSSR count). The van der Waals surface area contributed by atoms with E-state index >= 15 is 0 Å². The molecule has 1 atom stereocenters. The first-order valence-electron chi connectivity index (χ1n) is 11.8. The van der Waals surface area contributed by atoms with E-state index in [9.17, 15) is 18.3 Å². The molecule has 0 aromatic heterocycles. The van der Waals surface area contributed by atoms with Crippen molar-refractivity contribution >= 4 is 16.0 Å². The van der Waals surface area contributed by atoms with Gasteiger partial charge in [0.2, 0.25) is 10.0 Å². The molecule has 0 bridgehead atoms. The maximum Gasteiger partial charge on any atom is 0.322 e. The van der Waals surface area contributed by atoms with Gasteiger partial charge in [0.15, 0.2) is 0 Å². The number of para-hydroxylation sites is 1. The van der Waals surface area contributed by atoms with Gasteiger partial charge in [0, 0.05) is 19.5 Å². The molecule has 192 valence electrons. The fourth-order valence-electron chi connectivity index (χ4n) is 3.70. The Balaban J connectivity index is 1.37. The van der Waals surface area contributed by atoms with Gasteiger partial charge in [0.25, 0.3) is 0 Å². The van der Waals surface area contributed by atoms with Gasteiger partial charge in [-0.1, -0.05) is 54.3 Å². The van der Waals surface area contributed by atoms with E-state index in [0.717, 1.165) is 30.0 Å². The lowest BCUT2D eigenvalue weighted by atomic mass is 10.1. The van der Waals surface area contributed by atoms with Crippen LogP contribution in [0.5, 0.6) is 11.5 Å². The van der Waals surface area contributed by atoms with Gasteiger partial charge in [-0.3, -0.25) is 9.69 Å². The second-order valence-electron chi connectivity index (χ2n) is 8.42. The summed E-state index contributed by atoms with van der Waals surface area (Å²) in [7, 11) is -4.05. The summed E-state index contributed by atoms with van der Waals surface area (Å²) in [6.45, 7) is 3.32. The van der Waals surface area contributed by atoms with Crippen molar-refractivity contribution in [1.29, 1.82) is 0 Å². The van der Waals surface area contributed by atoms with Crippen LogP contribution in [0.1, 0.15) is 6.42 Å². The maximum atomic E-state index is 12.8. The summed E-state index contributed by atoms with van der Waals surface area (Å²) in [5.41, 5.74) is 1.70. The third-order valence-electron chi connectivity index (χ3n) is 5.76. The molecule has 3 aromatic rings. The molecule has 37 heavy (non-hydrogen) atoms. The van der Waals surface area contributed by atoms with Crippen molar-refractivity contribution in [2.24, 2.45) is 0 Å². The topological polar surface area (TPSA) is 105 Å². The zero-order chi connectivity index (χ0) is 26.1. The quantitative estimate of drug-likeness (QED) is 0.416. The lowest BCUT2D eigenvalue weighted by molar-refractivity contribution is -0.138. The third kappa shape index (κ3) is 7.65. The van der Waals surface area contributed by atoms with Gasteiger partial charge in [-0.2, -0.15) is 4.72 Å². The van der Waals surface area contributed by atoms with Crippen LogP contribution < -0.4 is 9.46 Å². The van der Waals surface area contributed by atoms with Gasteiger partial charge >= 0.3 is 5.97 Å². The van der Waals surface area contributed by atoms with Crippen molar-refractivity contribution in [1.82, 2.24) is 9.62 Å². The van der Waals surface area contributed by atoms with Gasteiger partial charge < -0.3 is 14.6 Å². The normalized spacial score (nSPS) is 14.8. The Bertz CT molecular complexity index is 1340. The molecule has 9 heteroatoms. The maximum absolute atomic E-state index is 12.8. The minimum Gasteiger partial charge on any atom is -0.480 e. The van der Waals surface area contributed by atoms with Crippen LogP contribution in [0, 0.1) is 11.8 Å². The predicted molar refractivity (Wildman–Crippen MR) is 140 cm³/mol. The first-order chi connectivity index (χ1) is 17.9. The van der Waals surface area contributed by atoms with Crippen LogP contribution >= 0.6 is 0 Å². The number of carboxylic acid groups (broad SMARTS) is 1. The SMILES string of the molecule is O=C(O)C(CC#CCN1CCOCC1)NS(=O)(=O)c1ccc(-c2ccc(Oc3ccccc3)cc2)cc1. The zero-order valence-corrected chi connectivity index (χ0v) is 21.0. The summed E-state index contributed by atoms with van der Waals surface area (Å²) in [4.78, 5) is 13.7. The molecule has 8 nitrogen and oxygen atoms in total. The number of nitrogens with one attached hydrogen (secondary N) is 1. The number of hydrogen-bond acceptors (Lipinski definition) is 6. The highest BCUT2D eigenvalue weighted by Crippen LogP contribution is 2.26. The van der Waals surface area contributed by atoms with Crippen LogP contribution in [0.3, 0.4) is 0 Å². The lowest BCUT2D eigenvalue weighted by Gasteiger charge is -2.24. The van der Waals surface area contributed by atoms with Crippen molar-refractivity contribution in [2.75, 3.05) is 32.8 Å². The molecule has 0 saturated carbocycles.